The second-order valence-electron chi connectivity index (χ2n) is 4.47. The van der Waals surface area contributed by atoms with Crippen LogP contribution in [-0.2, 0) is 13.5 Å². The SMILES string of the molecule is CCCCCc1nc(C(C)C)n(C)c1N. The summed E-state index contributed by atoms with van der Waals surface area (Å²) < 4.78 is 2.02. The Kier molecular flexibility index (Phi) is 4.18. The van der Waals surface area contributed by atoms with Gasteiger partial charge in [0.05, 0.1) is 5.69 Å². The van der Waals surface area contributed by atoms with E-state index in [1.165, 1.54) is 19.3 Å². The van der Waals surface area contributed by atoms with Gasteiger partial charge in [0.2, 0.25) is 0 Å². The molecule has 3 heteroatoms. The Morgan fingerprint density at radius 3 is 2.47 bits per heavy atom. The summed E-state index contributed by atoms with van der Waals surface area (Å²) in [5.41, 5.74) is 7.10. The van der Waals surface area contributed by atoms with Crippen molar-refractivity contribution in [2.45, 2.75) is 52.4 Å². The summed E-state index contributed by atoms with van der Waals surface area (Å²) in [6.07, 6.45) is 4.70. The smallest absolute Gasteiger partial charge is 0.126 e. The fourth-order valence-electron chi connectivity index (χ4n) is 1.83. The first kappa shape index (κ1) is 12.1. The molecule has 1 aromatic heterocycles. The van der Waals surface area contributed by atoms with Crippen molar-refractivity contribution in [2.24, 2.45) is 7.05 Å². The van der Waals surface area contributed by atoms with Crippen molar-refractivity contribution in [1.82, 2.24) is 9.55 Å². The monoisotopic (exact) mass is 209 g/mol. The number of nitrogen functional groups attached to an aromatic ring is 1. The summed E-state index contributed by atoms with van der Waals surface area (Å²) in [4.78, 5) is 4.62. The first-order valence-electron chi connectivity index (χ1n) is 5.88. The minimum absolute atomic E-state index is 0.442. The summed E-state index contributed by atoms with van der Waals surface area (Å²) in [6, 6.07) is 0. The van der Waals surface area contributed by atoms with Gasteiger partial charge in [-0.25, -0.2) is 4.98 Å². The predicted octanol–water partition coefficient (Wildman–Crippen LogP) is 2.86. The van der Waals surface area contributed by atoms with E-state index in [1.54, 1.807) is 0 Å². The number of aromatic nitrogens is 2. The van der Waals surface area contributed by atoms with E-state index < -0.39 is 0 Å². The summed E-state index contributed by atoms with van der Waals surface area (Å²) in [5.74, 6) is 2.38. The van der Waals surface area contributed by atoms with E-state index in [9.17, 15) is 0 Å². The van der Waals surface area contributed by atoms with E-state index in [1.807, 2.05) is 11.6 Å². The standard InChI is InChI=1S/C12H23N3/c1-5-6-7-8-10-11(13)15(4)12(14-10)9(2)3/h9H,5-8,13H2,1-4H3. The van der Waals surface area contributed by atoms with E-state index in [0.717, 1.165) is 23.8 Å². The Hall–Kier alpha value is -0.990. The van der Waals surface area contributed by atoms with Gasteiger partial charge in [0.25, 0.3) is 0 Å². The van der Waals surface area contributed by atoms with Crippen molar-refractivity contribution in [3.8, 4) is 0 Å². The first-order chi connectivity index (χ1) is 7.07. The maximum Gasteiger partial charge on any atom is 0.126 e. The zero-order valence-electron chi connectivity index (χ0n) is 10.4. The topological polar surface area (TPSA) is 43.8 Å². The molecular formula is C12H23N3. The van der Waals surface area contributed by atoms with Gasteiger partial charge in [0.15, 0.2) is 0 Å². The van der Waals surface area contributed by atoms with Crippen LogP contribution in [0, 0.1) is 0 Å². The molecule has 1 rings (SSSR count). The molecule has 0 fully saturated rings. The average Bonchev–Trinajstić information content (AvgIpc) is 2.46. The molecule has 0 atom stereocenters. The van der Waals surface area contributed by atoms with Gasteiger partial charge in [-0.2, -0.15) is 0 Å². The largest absolute Gasteiger partial charge is 0.384 e. The molecule has 0 saturated carbocycles. The second-order valence-corrected chi connectivity index (χ2v) is 4.47. The lowest BCUT2D eigenvalue weighted by molar-refractivity contribution is 0.699. The first-order valence-corrected chi connectivity index (χ1v) is 5.88. The minimum Gasteiger partial charge on any atom is -0.384 e. The normalized spacial score (nSPS) is 11.3. The number of unbranched alkanes of at least 4 members (excludes halogenated alkanes) is 2. The molecule has 0 saturated heterocycles. The van der Waals surface area contributed by atoms with Crippen molar-refractivity contribution in [1.29, 1.82) is 0 Å². The van der Waals surface area contributed by atoms with Crippen LogP contribution in [0.1, 0.15) is 57.5 Å². The zero-order valence-corrected chi connectivity index (χ0v) is 10.4. The number of aryl methyl sites for hydroxylation is 1. The molecule has 0 aliphatic carbocycles. The molecule has 3 nitrogen and oxygen atoms in total. The highest BCUT2D eigenvalue weighted by atomic mass is 15.1. The van der Waals surface area contributed by atoms with Gasteiger partial charge < -0.3 is 10.3 Å². The molecule has 0 unspecified atom stereocenters. The Labute approximate surface area is 92.7 Å². The number of anilines is 1. The molecule has 0 aromatic carbocycles. The molecule has 1 aromatic rings. The van der Waals surface area contributed by atoms with Gasteiger partial charge in [0.1, 0.15) is 11.6 Å². The Morgan fingerprint density at radius 1 is 1.33 bits per heavy atom. The number of nitrogens with zero attached hydrogens (tertiary/aromatic N) is 2. The lowest BCUT2D eigenvalue weighted by atomic mass is 10.1. The van der Waals surface area contributed by atoms with Gasteiger partial charge >= 0.3 is 0 Å². The molecule has 0 bridgehead atoms. The molecule has 0 spiro atoms. The van der Waals surface area contributed by atoms with E-state index in [2.05, 4.69) is 25.8 Å². The molecule has 0 aliphatic heterocycles. The van der Waals surface area contributed by atoms with Gasteiger partial charge in [-0.3, -0.25) is 0 Å². The Balaban J connectivity index is 2.76. The molecule has 0 radical (unpaired) electrons. The lowest BCUT2D eigenvalue weighted by Gasteiger charge is -2.04. The Bertz CT molecular complexity index is 313. The average molecular weight is 209 g/mol. The highest BCUT2D eigenvalue weighted by molar-refractivity contribution is 5.38. The van der Waals surface area contributed by atoms with Crippen molar-refractivity contribution in [3.63, 3.8) is 0 Å². The summed E-state index contributed by atoms with van der Waals surface area (Å²) in [7, 11) is 2.00. The molecule has 15 heavy (non-hydrogen) atoms. The molecule has 0 amide bonds. The van der Waals surface area contributed by atoms with Crippen LogP contribution in [0.15, 0.2) is 0 Å². The second kappa shape index (κ2) is 5.19. The highest BCUT2D eigenvalue weighted by Gasteiger charge is 2.13. The van der Waals surface area contributed by atoms with E-state index in [0.29, 0.717) is 5.92 Å². The third-order valence-corrected chi connectivity index (χ3v) is 2.78. The minimum atomic E-state index is 0.442. The molecule has 1 heterocycles. The van der Waals surface area contributed by atoms with E-state index in [-0.39, 0.29) is 0 Å². The van der Waals surface area contributed by atoms with Crippen molar-refractivity contribution >= 4 is 5.82 Å². The van der Waals surface area contributed by atoms with E-state index in [4.69, 9.17) is 5.73 Å². The van der Waals surface area contributed by atoms with Gasteiger partial charge in [-0.05, 0) is 12.8 Å². The lowest BCUT2D eigenvalue weighted by Crippen LogP contribution is -2.03. The summed E-state index contributed by atoms with van der Waals surface area (Å²) in [6.45, 7) is 6.51. The molecule has 86 valence electrons. The number of hydrogen-bond donors (Lipinski definition) is 1. The third kappa shape index (κ3) is 2.74. The van der Waals surface area contributed by atoms with Crippen LogP contribution in [0.4, 0.5) is 5.82 Å². The number of rotatable bonds is 5. The van der Waals surface area contributed by atoms with Crippen LogP contribution in [-0.4, -0.2) is 9.55 Å². The van der Waals surface area contributed by atoms with Crippen LogP contribution >= 0.6 is 0 Å². The molecule has 2 N–H and O–H groups in total. The quantitative estimate of drug-likeness (QED) is 0.758. The molecule has 0 aliphatic rings. The zero-order chi connectivity index (χ0) is 11.4. The fraction of sp³-hybridized carbons (Fsp3) is 0.750. The van der Waals surface area contributed by atoms with Crippen LogP contribution in [0.3, 0.4) is 0 Å². The Morgan fingerprint density at radius 2 is 2.00 bits per heavy atom. The third-order valence-electron chi connectivity index (χ3n) is 2.78. The van der Waals surface area contributed by atoms with Gasteiger partial charge in [-0.1, -0.05) is 33.6 Å². The van der Waals surface area contributed by atoms with Crippen LogP contribution in [0.2, 0.25) is 0 Å². The van der Waals surface area contributed by atoms with Crippen LogP contribution in [0.5, 0.6) is 0 Å². The number of imidazole rings is 1. The van der Waals surface area contributed by atoms with E-state index >= 15 is 0 Å². The van der Waals surface area contributed by atoms with Gasteiger partial charge in [0, 0.05) is 13.0 Å². The van der Waals surface area contributed by atoms with Crippen molar-refractivity contribution < 1.29 is 0 Å². The maximum absolute atomic E-state index is 6.02. The highest BCUT2D eigenvalue weighted by Crippen LogP contribution is 2.20. The maximum atomic E-state index is 6.02. The van der Waals surface area contributed by atoms with Gasteiger partial charge in [-0.15, -0.1) is 0 Å². The summed E-state index contributed by atoms with van der Waals surface area (Å²) in [5, 5.41) is 0. The number of nitrogens with two attached hydrogens (primary N) is 1. The molecular weight excluding hydrogens is 186 g/mol. The van der Waals surface area contributed by atoms with Crippen LogP contribution in [0.25, 0.3) is 0 Å². The predicted molar refractivity (Wildman–Crippen MR) is 64.9 cm³/mol. The van der Waals surface area contributed by atoms with Crippen molar-refractivity contribution in [3.05, 3.63) is 11.5 Å². The van der Waals surface area contributed by atoms with Crippen molar-refractivity contribution in [2.75, 3.05) is 5.73 Å². The number of hydrogen-bond acceptors (Lipinski definition) is 2. The van der Waals surface area contributed by atoms with Crippen LogP contribution < -0.4 is 5.73 Å². The summed E-state index contributed by atoms with van der Waals surface area (Å²) >= 11 is 0. The fourth-order valence-corrected chi connectivity index (χ4v) is 1.83.